The summed E-state index contributed by atoms with van der Waals surface area (Å²) in [6, 6.07) is 20.8. The van der Waals surface area contributed by atoms with Crippen LogP contribution < -0.4 is 4.74 Å². The maximum atomic E-state index is 12.5. The van der Waals surface area contributed by atoms with Crippen LogP contribution in [-0.2, 0) is 4.79 Å². The van der Waals surface area contributed by atoms with Crippen LogP contribution in [0.4, 0.5) is 0 Å². The molecule has 0 spiro atoms. The lowest BCUT2D eigenvalue weighted by atomic mass is 9.93. The van der Waals surface area contributed by atoms with Crippen LogP contribution in [-0.4, -0.2) is 16.9 Å². The van der Waals surface area contributed by atoms with Gasteiger partial charge in [0.25, 0.3) is 0 Å². The first-order valence-electron chi connectivity index (χ1n) is 14.4. The zero-order valence-corrected chi connectivity index (χ0v) is 24.3. The summed E-state index contributed by atoms with van der Waals surface area (Å²) in [6.45, 7) is 10.9. The number of ketones is 1. The number of Topliss-reactive ketones (excluding diaryl/α,β-unsaturated/α-hetero) is 1. The smallest absolute Gasteiger partial charge is 0.303 e. The Bertz CT molecular complexity index is 1200. The Morgan fingerprint density at radius 3 is 1.97 bits per heavy atom. The van der Waals surface area contributed by atoms with Crippen molar-refractivity contribution in [3.63, 3.8) is 0 Å². The Morgan fingerprint density at radius 2 is 1.41 bits per heavy atom. The number of aliphatic carboxylic acids is 1. The molecule has 39 heavy (non-hydrogen) atoms. The van der Waals surface area contributed by atoms with Crippen molar-refractivity contribution in [3.05, 3.63) is 88.5 Å². The van der Waals surface area contributed by atoms with Gasteiger partial charge in [-0.2, -0.15) is 0 Å². The highest BCUT2D eigenvalue weighted by molar-refractivity contribution is 5.96. The third-order valence-corrected chi connectivity index (χ3v) is 7.37. The molecule has 0 aliphatic heterocycles. The maximum Gasteiger partial charge on any atom is 0.303 e. The first kappa shape index (κ1) is 30.1. The molecular formula is C35H44O4. The van der Waals surface area contributed by atoms with E-state index in [1.807, 2.05) is 24.3 Å². The van der Waals surface area contributed by atoms with Crippen molar-refractivity contribution in [1.29, 1.82) is 0 Å². The summed E-state index contributed by atoms with van der Waals surface area (Å²) < 4.78 is 6.63. The molecule has 0 radical (unpaired) electrons. The lowest BCUT2D eigenvalue weighted by Crippen LogP contribution is -2.09. The van der Waals surface area contributed by atoms with Gasteiger partial charge in [-0.1, -0.05) is 88.6 Å². The Labute approximate surface area is 234 Å². The van der Waals surface area contributed by atoms with Crippen molar-refractivity contribution in [2.75, 3.05) is 0 Å². The minimum absolute atomic E-state index is 0.0123. The average molecular weight is 529 g/mol. The average Bonchev–Trinajstić information content (AvgIpc) is 2.90. The van der Waals surface area contributed by atoms with Crippen LogP contribution in [0.25, 0.3) is 11.1 Å². The van der Waals surface area contributed by atoms with Gasteiger partial charge in [-0.25, -0.2) is 0 Å². The van der Waals surface area contributed by atoms with Crippen molar-refractivity contribution in [1.82, 2.24) is 0 Å². The standard InChI is InChI=1S/C35H44O4/c1-6-7-8-9-12-33(29-18-16-28(17-19-29)32(36)11-10-13-34(37)38)39-31-22-25(4)35(26(5)23-31)30-20-14-27(15-21-30)24(2)3/h14-24,33H,6-13H2,1-5H3,(H,37,38). The van der Waals surface area contributed by atoms with Crippen molar-refractivity contribution < 1.29 is 19.4 Å². The second-order valence-electron chi connectivity index (χ2n) is 11.0. The number of carboxylic acids is 1. The minimum atomic E-state index is -0.872. The number of hydrogen-bond acceptors (Lipinski definition) is 3. The molecule has 3 rings (SSSR count). The van der Waals surface area contributed by atoms with Gasteiger partial charge in [-0.15, -0.1) is 0 Å². The van der Waals surface area contributed by atoms with Crippen LogP contribution in [0.15, 0.2) is 60.7 Å². The quantitative estimate of drug-likeness (QED) is 0.157. The summed E-state index contributed by atoms with van der Waals surface area (Å²) in [5.41, 5.74) is 7.87. The second-order valence-corrected chi connectivity index (χ2v) is 11.0. The molecule has 1 N–H and O–H groups in total. The molecule has 0 aliphatic carbocycles. The van der Waals surface area contributed by atoms with Crippen molar-refractivity contribution in [3.8, 4) is 16.9 Å². The fourth-order valence-electron chi connectivity index (χ4n) is 5.12. The molecule has 0 saturated heterocycles. The Balaban J connectivity index is 1.79. The van der Waals surface area contributed by atoms with E-state index in [0.717, 1.165) is 24.2 Å². The van der Waals surface area contributed by atoms with Crippen molar-refractivity contribution in [2.45, 2.75) is 98.0 Å². The summed E-state index contributed by atoms with van der Waals surface area (Å²) in [4.78, 5) is 23.2. The number of carbonyl (C=O) groups is 2. The number of unbranched alkanes of at least 4 members (excludes halogenated alkanes) is 3. The predicted molar refractivity (Wildman–Crippen MR) is 160 cm³/mol. The maximum absolute atomic E-state index is 12.5. The van der Waals surface area contributed by atoms with Crippen LogP contribution in [0.5, 0.6) is 5.75 Å². The van der Waals surface area contributed by atoms with E-state index in [2.05, 4.69) is 71.0 Å². The van der Waals surface area contributed by atoms with Gasteiger partial charge in [0.15, 0.2) is 5.78 Å². The molecule has 0 heterocycles. The summed E-state index contributed by atoms with van der Waals surface area (Å²) in [7, 11) is 0. The molecule has 0 saturated carbocycles. The molecule has 1 unspecified atom stereocenters. The normalized spacial score (nSPS) is 11.9. The first-order chi connectivity index (χ1) is 18.7. The third kappa shape index (κ3) is 8.81. The molecule has 3 aromatic rings. The second kappa shape index (κ2) is 14.7. The lowest BCUT2D eigenvalue weighted by molar-refractivity contribution is -0.137. The van der Waals surface area contributed by atoms with E-state index >= 15 is 0 Å². The Morgan fingerprint density at radius 1 is 0.795 bits per heavy atom. The molecule has 0 amide bonds. The zero-order valence-electron chi connectivity index (χ0n) is 24.3. The van der Waals surface area contributed by atoms with E-state index in [9.17, 15) is 9.59 Å². The summed E-state index contributed by atoms with van der Waals surface area (Å²) in [6.07, 6.45) is 6.05. The molecule has 0 aromatic heterocycles. The van der Waals surface area contributed by atoms with Crippen LogP contribution in [0.3, 0.4) is 0 Å². The number of aryl methyl sites for hydroxylation is 2. The van der Waals surface area contributed by atoms with Gasteiger partial charge < -0.3 is 9.84 Å². The van der Waals surface area contributed by atoms with Crippen LogP contribution in [0.1, 0.15) is 117 Å². The van der Waals surface area contributed by atoms with Gasteiger partial charge in [0.2, 0.25) is 0 Å². The topological polar surface area (TPSA) is 63.6 Å². The predicted octanol–water partition coefficient (Wildman–Crippen LogP) is 9.62. The number of ether oxygens (including phenoxy) is 1. The van der Waals surface area contributed by atoms with Crippen LogP contribution in [0.2, 0.25) is 0 Å². The molecule has 0 aliphatic rings. The fraction of sp³-hybridized carbons (Fsp3) is 0.429. The monoisotopic (exact) mass is 528 g/mol. The summed E-state index contributed by atoms with van der Waals surface area (Å²) >= 11 is 0. The van der Waals surface area contributed by atoms with Gasteiger partial charge in [0, 0.05) is 18.4 Å². The zero-order chi connectivity index (χ0) is 28.4. The fourth-order valence-corrected chi connectivity index (χ4v) is 5.12. The number of carboxylic acid groups (broad SMARTS) is 1. The Hall–Kier alpha value is -3.40. The highest BCUT2D eigenvalue weighted by atomic mass is 16.5. The van der Waals surface area contributed by atoms with Gasteiger partial charge in [0.1, 0.15) is 11.9 Å². The largest absolute Gasteiger partial charge is 0.486 e. The van der Waals surface area contributed by atoms with Gasteiger partial charge in [0.05, 0.1) is 0 Å². The molecule has 3 aromatic carbocycles. The van der Waals surface area contributed by atoms with E-state index in [1.54, 1.807) is 0 Å². The lowest BCUT2D eigenvalue weighted by Gasteiger charge is -2.22. The molecule has 4 nitrogen and oxygen atoms in total. The molecular weight excluding hydrogens is 484 g/mol. The highest BCUT2D eigenvalue weighted by Gasteiger charge is 2.17. The summed E-state index contributed by atoms with van der Waals surface area (Å²) in [5, 5.41) is 8.83. The molecule has 0 bridgehead atoms. The van der Waals surface area contributed by atoms with Gasteiger partial charge in [-0.05, 0) is 84.5 Å². The molecule has 0 fully saturated rings. The molecule has 4 heteroatoms. The highest BCUT2D eigenvalue weighted by Crippen LogP contribution is 2.35. The van der Waals surface area contributed by atoms with Gasteiger partial charge >= 0.3 is 5.97 Å². The number of carbonyl (C=O) groups excluding carboxylic acids is 1. The van der Waals surface area contributed by atoms with Crippen molar-refractivity contribution in [2.24, 2.45) is 0 Å². The third-order valence-electron chi connectivity index (χ3n) is 7.37. The number of benzene rings is 3. The van der Waals surface area contributed by atoms with Crippen LogP contribution in [0, 0.1) is 13.8 Å². The summed E-state index contributed by atoms with van der Waals surface area (Å²) in [5.74, 6) is 0.479. The minimum Gasteiger partial charge on any atom is -0.486 e. The number of rotatable bonds is 15. The SMILES string of the molecule is CCCCCCC(Oc1cc(C)c(-c2ccc(C(C)C)cc2)c(C)c1)c1ccc(C(=O)CCCC(=O)O)cc1. The van der Waals surface area contributed by atoms with E-state index in [0.29, 0.717) is 17.9 Å². The van der Waals surface area contributed by atoms with E-state index in [1.165, 1.54) is 47.1 Å². The van der Waals surface area contributed by atoms with Gasteiger partial charge in [-0.3, -0.25) is 9.59 Å². The van der Waals surface area contributed by atoms with Crippen LogP contribution >= 0.6 is 0 Å². The van der Waals surface area contributed by atoms with Crippen molar-refractivity contribution >= 4 is 11.8 Å². The van der Waals surface area contributed by atoms with E-state index in [-0.39, 0.29) is 24.7 Å². The molecule has 208 valence electrons. The van der Waals surface area contributed by atoms with E-state index < -0.39 is 5.97 Å². The Kier molecular flexibility index (Phi) is 11.3. The first-order valence-corrected chi connectivity index (χ1v) is 14.4. The molecule has 1 atom stereocenters. The number of hydrogen-bond donors (Lipinski definition) is 1. The van der Waals surface area contributed by atoms with E-state index in [4.69, 9.17) is 9.84 Å².